The van der Waals surface area contributed by atoms with Crippen molar-refractivity contribution in [3.63, 3.8) is 0 Å². The number of halogens is 1. The molecule has 33 heavy (non-hydrogen) atoms. The molecule has 1 amide bonds. The SMILES string of the molecule is CCOc1cc(/C=C(\C#N)C(=O)Nc2ccc(C)cc2C)ccc1OCc1ccc(I)cc1. The van der Waals surface area contributed by atoms with E-state index in [4.69, 9.17) is 9.47 Å². The molecule has 0 fully saturated rings. The van der Waals surface area contributed by atoms with Gasteiger partial charge in [-0.15, -0.1) is 0 Å². The summed E-state index contributed by atoms with van der Waals surface area (Å²) in [4.78, 5) is 12.7. The summed E-state index contributed by atoms with van der Waals surface area (Å²) in [5.74, 6) is 0.705. The van der Waals surface area contributed by atoms with Gasteiger partial charge in [-0.2, -0.15) is 5.26 Å². The molecule has 0 saturated carbocycles. The maximum absolute atomic E-state index is 12.7. The number of hydrogen-bond acceptors (Lipinski definition) is 4. The summed E-state index contributed by atoms with van der Waals surface area (Å²) < 4.78 is 12.9. The van der Waals surface area contributed by atoms with E-state index in [9.17, 15) is 10.1 Å². The van der Waals surface area contributed by atoms with Gasteiger partial charge in [-0.05, 0) is 96.5 Å². The summed E-state index contributed by atoms with van der Waals surface area (Å²) >= 11 is 2.26. The number of hydrogen-bond donors (Lipinski definition) is 1. The van der Waals surface area contributed by atoms with Crippen molar-refractivity contribution in [2.45, 2.75) is 27.4 Å². The first kappa shape index (κ1) is 24.3. The van der Waals surface area contributed by atoms with E-state index in [1.165, 1.54) is 0 Å². The van der Waals surface area contributed by atoms with E-state index in [0.717, 1.165) is 20.3 Å². The molecule has 6 heteroatoms. The van der Waals surface area contributed by atoms with E-state index >= 15 is 0 Å². The quantitative estimate of drug-likeness (QED) is 0.199. The molecule has 168 valence electrons. The van der Waals surface area contributed by atoms with Gasteiger partial charge in [0.15, 0.2) is 11.5 Å². The van der Waals surface area contributed by atoms with Crippen molar-refractivity contribution < 1.29 is 14.3 Å². The summed E-state index contributed by atoms with van der Waals surface area (Å²) in [6, 6.07) is 21.2. The lowest BCUT2D eigenvalue weighted by Gasteiger charge is -2.13. The van der Waals surface area contributed by atoms with Crippen molar-refractivity contribution in [2.75, 3.05) is 11.9 Å². The first-order valence-electron chi connectivity index (χ1n) is 10.5. The van der Waals surface area contributed by atoms with E-state index in [2.05, 4.69) is 27.9 Å². The fraction of sp³-hybridized carbons (Fsp3) is 0.185. The van der Waals surface area contributed by atoms with E-state index < -0.39 is 5.91 Å². The Morgan fingerprint density at radius 2 is 1.79 bits per heavy atom. The highest BCUT2D eigenvalue weighted by molar-refractivity contribution is 14.1. The van der Waals surface area contributed by atoms with Gasteiger partial charge >= 0.3 is 0 Å². The summed E-state index contributed by atoms with van der Waals surface area (Å²) in [7, 11) is 0. The number of carbonyl (C=O) groups is 1. The predicted molar refractivity (Wildman–Crippen MR) is 139 cm³/mol. The summed E-state index contributed by atoms with van der Waals surface area (Å²) in [6.45, 7) is 6.67. The number of nitrogens with one attached hydrogen (secondary N) is 1. The van der Waals surface area contributed by atoms with Crippen molar-refractivity contribution in [1.82, 2.24) is 0 Å². The molecule has 0 bridgehead atoms. The van der Waals surface area contributed by atoms with Crippen molar-refractivity contribution >= 4 is 40.3 Å². The first-order valence-corrected chi connectivity index (χ1v) is 11.6. The van der Waals surface area contributed by atoms with Crippen molar-refractivity contribution in [1.29, 1.82) is 5.26 Å². The predicted octanol–water partition coefficient (Wildman–Crippen LogP) is 6.43. The van der Waals surface area contributed by atoms with Gasteiger partial charge in [-0.3, -0.25) is 4.79 Å². The van der Waals surface area contributed by atoms with Crippen molar-refractivity contribution in [2.24, 2.45) is 0 Å². The van der Waals surface area contributed by atoms with E-state index in [-0.39, 0.29) is 5.57 Å². The zero-order valence-corrected chi connectivity index (χ0v) is 21.0. The van der Waals surface area contributed by atoms with E-state index in [0.29, 0.717) is 36.0 Å². The van der Waals surface area contributed by atoms with Crippen LogP contribution in [0, 0.1) is 28.7 Å². The average Bonchev–Trinajstić information content (AvgIpc) is 2.80. The highest BCUT2D eigenvalue weighted by atomic mass is 127. The third kappa shape index (κ3) is 6.83. The lowest BCUT2D eigenvalue weighted by atomic mass is 10.1. The largest absolute Gasteiger partial charge is 0.490 e. The molecule has 0 heterocycles. The molecule has 3 aromatic rings. The highest BCUT2D eigenvalue weighted by Crippen LogP contribution is 2.30. The normalized spacial score (nSPS) is 10.9. The highest BCUT2D eigenvalue weighted by Gasteiger charge is 2.13. The Hall–Kier alpha value is -3.31. The van der Waals surface area contributed by atoms with Crippen LogP contribution in [-0.2, 0) is 11.4 Å². The zero-order valence-electron chi connectivity index (χ0n) is 18.8. The third-order valence-electron chi connectivity index (χ3n) is 4.88. The number of nitriles is 1. The van der Waals surface area contributed by atoms with Crippen LogP contribution in [0.4, 0.5) is 5.69 Å². The Morgan fingerprint density at radius 1 is 1.03 bits per heavy atom. The standard InChI is InChI=1S/C27H25IN2O3/c1-4-32-26-15-21(8-12-25(26)33-17-20-6-9-23(28)10-7-20)14-22(16-29)27(31)30-24-11-5-18(2)13-19(24)3/h5-15H,4,17H2,1-3H3,(H,30,31)/b22-14+. The minimum absolute atomic E-state index is 0.00461. The number of carbonyl (C=O) groups excluding carboxylic acids is 1. The Labute approximate surface area is 208 Å². The first-order chi connectivity index (χ1) is 15.9. The Morgan fingerprint density at radius 3 is 2.45 bits per heavy atom. The molecule has 0 saturated heterocycles. The molecule has 0 aliphatic carbocycles. The molecule has 0 atom stereocenters. The molecule has 0 aliphatic heterocycles. The lowest BCUT2D eigenvalue weighted by molar-refractivity contribution is -0.112. The Balaban J connectivity index is 1.78. The number of amides is 1. The van der Waals surface area contributed by atoms with Gasteiger partial charge in [-0.1, -0.05) is 35.9 Å². The second kappa shape index (κ2) is 11.5. The molecule has 3 rings (SSSR count). The number of rotatable bonds is 8. The smallest absolute Gasteiger partial charge is 0.266 e. The fourth-order valence-corrected chi connectivity index (χ4v) is 3.56. The minimum Gasteiger partial charge on any atom is -0.490 e. The van der Waals surface area contributed by atoms with Gasteiger partial charge in [0.25, 0.3) is 5.91 Å². The second-order valence-corrected chi connectivity index (χ2v) is 8.74. The summed E-state index contributed by atoms with van der Waals surface area (Å²) in [5, 5.41) is 12.4. The van der Waals surface area contributed by atoms with E-state index in [1.807, 2.05) is 69.3 Å². The van der Waals surface area contributed by atoms with Crippen LogP contribution >= 0.6 is 22.6 Å². The molecule has 0 spiro atoms. The topological polar surface area (TPSA) is 71.3 Å². The van der Waals surface area contributed by atoms with Gasteiger partial charge < -0.3 is 14.8 Å². The zero-order chi connectivity index (χ0) is 23.8. The monoisotopic (exact) mass is 552 g/mol. The van der Waals surface area contributed by atoms with Gasteiger partial charge in [0.05, 0.1) is 6.61 Å². The number of aryl methyl sites for hydroxylation is 2. The number of nitrogens with zero attached hydrogens (tertiary/aromatic N) is 1. The van der Waals surface area contributed by atoms with Crippen LogP contribution in [0.15, 0.2) is 66.2 Å². The molecule has 3 aromatic carbocycles. The third-order valence-corrected chi connectivity index (χ3v) is 5.60. The van der Waals surface area contributed by atoms with E-state index in [1.54, 1.807) is 24.3 Å². The molecular weight excluding hydrogens is 527 g/mol. The Kier molecular flexibility index (Phi) is 8.50. The summed E-state index contributed by atoms with van der Waals surface area (Å²) in [5.41, 5.74) is 4.46. The molecular formula is C27H25IN2O3. The maximum Gasteiger partial charge on any atom is 0.266 e. The van der Waals surface area contributed by atoms with Gasteiger partial charge in [0, 0.05) is 9.26 Å². The maximum atomic E-state index is 12.7. The van der Waals surface area contributed by atoms with Gasteiger partial charge in [-0.25, -0.2) is 0 Å². The molecule has 0 unspecified atom stereocenters. The van der Waals surface area contributed by atoms with Crippen LogP contribution in [0.25, 0.3) is 6.08 Å². The fourth-order valence-electron chi connectivity index (χ4n) is 3.20. The lowest BCUT2D eigenvalue weighted by Crippen LogP contribution is -2.14. The molecule has 0 radical (unpaired) electrons. The second-order valence-electron chi connectivity index (χ2n) is 7.50. The van der Waals surface area contributed by atoms with Crippen LogP contribution in [0.5, 0.6) is 11.5 Å². The Bertz CT molecular complexity index is 1210. The average molecular weight is 552 g/mol. The van der Waals surface area contributed by atoms with Crippen molar-refractivity contribution in [3.05, 3.63) is 92.1 Å². The minimum atomic E-state index is -0.457. The van der Waals surface area contributed by atoms with Crippen LogP contribution in [0.3, 0.4) is 0 Å². The van der Waals surface area contributed by atoms with Crippen molar-refractivity contribution in [3.8, 4) is 17.6 Å². The molecule has 0 aliphatic rings. The molecule has 1 N–H and O–H groups in total. The molecule has 0 aromatic heterocycles. The van der Waals surface area contributed by atoms with Gasteiger partial charge in [0.2, 0.25) is 0 Å². The van der Waals surface area contributed by atoms with Gasteiger partial charge in [0.1, 0.15) is 18.2 Å². The number of anilines is 1. The van der Waals surface area contributed by atoms with Crippen LogP contribution < -0.4 is 14.8 Å². The van der Waals surface area contributed by atoms with Crippen LogP contribution in [-0.4, -0.2) is 12.5 Å². The summed E-state index contributed by atoms with van der Waals surface area (Å²) in [6.07, 6.45) is 1.55. The molecule has 5 nitrogen and oxygen atoms in total. The number of benzene rings is 3. The number of ether oxygens (including phenoxy) is 2. The van der Waals surface area contributed by atoms with Crippen LogP contribution in [0.2, 0.25) is 0 Å². The van der Waals surface area contributed by atoms with Crippen LogP contribution in [0.1, 0.15) is 29.2 Å².